The Hall–Kier alpha value is -3.71. The lowest BCUT2D eigenvalue weighted by Gasteiger charge is -2.15. The Morgan fingerprint density at radius 2 is 1.81 bits per heavy atom. The number of benzene rings is 3. The van der Waals surface area contributed by atoms with Gasteiger partial charge < -0.3 is 10.6 Å². The highest BCUT2D eigenvalue weighted by atomic mass is 35.5. The van der Waals surface area contributed by atoms with Crippen molar-refractivity contribution in [3.8, 4) is 5.69 Å². The molecule has 156 valence electrons. The van der Waals surface area contributed by atoms with Crippen LogP contribution in [0.1, 0.15) is 11.4 Å². The van der Waals surface area contributed by atoms with Crippen molar-refractivity contribution in [2.24, 2.45) is 0 Å². The summed E-state index contributed by atoms with van der Waals surface area (Å²) in [5, 5.41) is 5.71. The summed E-state index contributed by atoms with van der Waals surface area (Å²) in [6, 6.07) is 15.8. The molecule has 0 aliphatic heterocycles. The number of carbonyl (C=O) groups is 1. The van der Waals surface area contributed by atoms with Crippen molar-refractivity contribution in [3.63, 3.8) is 0 Å². The first-order chi connectivity index (χ1) is 14.8. The number of hydrogen-bond donors (Lipinski definition) is 2. The van der Waals surface area contributed by atoms with Gasteiger partial charge in [-0.25, -0.2) is 14.2 Å². The van der Waals surface area contributed by atoms with Crippen molar-refractivity contribution in [1.82, 2.24) is 9.55 Å². The molecule has 4 rings (SSSR count). The van der Waals surface area contributed by atoms with Crippen LogP contribution < -0.4 is 16.2 Å². The molecule has 3 aromatic carbocycles. The van der Waals surface area contributed by atoms with Crippen LogP contribution in [0.25, 0.3) is 16.6 Å². The summed E-state index contributed by atoms with van der Waals surface area (Å²) in [4.78, 5) is 29.8. The second kappa shape index (κ2) is 8.20. The lowest BCUT2D eigenvalue weighted by atomic mass is 10.1. The molecule has 2 amide bonds. The molecule has 0 saturated carbocycles. The minimum Gasteiger partial charge on any atom is -0.307 e. The smallest absolute Gasteiger partial charge is 0.307 e. The standard InChI is InChI=1S/C23H18ClFN4O2/c1-13-12-15(29-14(2)26-20-9-4-3-6-16(20)22(29)30)10-11-19(13)27-23(31)28-21-17(24)7-5-8-18(21)25/h3-12H,1-2H3,(H2,27,28,31). The van der Waals surface area contributed by atoms with Crippen LogP contribution in [0.3, 0.4) is 0 Å². The summed E-state index contributed by atoms with van der Waals surface area (Å²) in [6.07, 6.45) is 0. The van der Waals surface area contributed by atoms with Crippen LogP contribution in [0.2, 0.25) is 5.02 Å². The fraction of sp³-hybridized carbons (Fsp3) is 0.0870. The highest BCUT2D eigenvalue weighted by Gasteiger charge is 2.14. The Morgan fingerprint density at radius 1 is 1.03 bits per heavy atom. The number of urea groups is 1. The molecule has 1 aromatic heterocycles. The first-order valence-corrected chi connectivity index (χ1v) is 9.84. The lowest BCUT2D eigenvalue weighted by molar-refractivity contribution is 0.262. The van der Waals surface area contributed by atoms with Crippen LogP contribution in [0.4, 0.5) is 20.6 Å². The Balaban J connectivity index is 1.63. The monoisotopic (exact) mass is 436 g/mol. The van der Waals surface area contributed by atoms with Crippen LogP contribution >= 0.6 is 11.6 Å². The molecule has 0 bridgehead atoms. The van der Waals surface area contributed by atoms with Crippen molar-refractivity contribution in [3.05, 3.63) is 93.2 Å². The number of nitrogens with zero attached hydrogens (tertiary/aromatic N) is 2. The largest absolute Gasteiger partial charge is 0.323 e. The van der Waals surface area contributed by atoms with E-state index in [4.69, 9.17) is 11.6 Å². The third-order valence-electron chi connectivity index (χ3n) is 4.86. The number of aryl methyl sites for hydroxylation is 2. The Morgan fingerprint density at radius 3 is 2.55 bits per heavy atom. The summed E-state index contributed by atoms with van der Waals surface area (Å²) in [6.45, 7) is 3.56. The highest BCUT2D eigenvalue weighted by Crippen LogP contribution is 2.25. The molecule has 0 radical (unpaired) electrons. The quantitative estimate of drug-likeness (QED) is 0.449. The highest BCUT2D eigenvalue weighted by molar-refractivity contribution is 6.33. The molecule has 4 aromatic rings. The number of halogens is 2. The second-order valence-electron chi connectivity index (χ2n) is 6.99. The fourth-order valence-electron chi connectivity index (χ4n) is 3.36. The Kier molecular flexibility index (Phi) is 5.44. The second-order valence-corrected chi connectivity index (χ2v) is 7.40. The lowest BCUT2D eigenvalue weighted by Crippen LogP contribution is -2.23. The number of carbonyl (C=O) groups excluding carboxylic acids is 1. The van der Waals surface area contributed by atoms with Crippen molar-refractivity contribution < 1.29 is 9.18 Å². The van der Waals surface area contributed by atoms with Gasteiger partial charge in [0.15, 0.2) is 0 Å². The third kappa shape index (κ3) is 4.00. The maximum atomic E-state index is 13.9. The normalized spacial score (nSPS) is 10.8. The number of amides is 2. The molecule has 0 unspecified atom stereocenters. The van der Waals surface area contributed by atoms with Gasteiger partial charge in [0.05, 0.1) is 27.3 Å². The van der Waals surface area contributed by atoms with E-state index in [9.17, 15) is 14.0 Å². The number of rotatable bonds is 3. The Bertz CT molecular complexity index is 1360. The van der Waals surface area contributed by atoms with Crippen LogP contribution in [0.15, 0.2) is 65.5 Å². The first kappa shape index (κ1) is 20.6. The van der Waals surface area contributed by atoms with Crippen LogP contribution in [0.5, 0.6) is 0 Å². The molecule has 6 nitrogen and oxygen atoms in total. The molecule has 8 heteroatoms. The maximum Gasteiger partial charge on any atom is 0.323 e. The number of para-hydroxylation sites is 2. The van der Waals surface area contributed by atoms with Gasteiger partial charge in [-0.05, 0) is 61.9 Å². The number of anilines is 2. The fourth-order valence-corrected chi connectivity index (χ4v) is 3.57. The number of fused-ring (bicyclic) bond motifs is 1. The van der Waals surface area contributed by atoms with Crippen LogP contribution in [-0.4, -0.2) is 15.6 Å². The van der Waals surface area contributed by atoms with Gasteiger partial charge in [0, 0.05) is 5.69 Å². The van der Waals surface area contributed by atoms with Crippen molar-refractivity contribution in [2.75, 3.05) is 10.6 Å². The van der Waals surface area contributed by atoms with E-state index >= 15 is 0 Å². The van der Waals surface area contributed by atoms with Gasteiger partial charge >= 0.3 is 6.03 Å². The molecule has 0 aliphatic carbocycles. The van der Waals surface area contributed by atoms with E-state index in [2.05, 4.69) is 15.6 Å². The van der Waals surface area contributed by atoms with E-state index in [1.807, 2.05) is 6.07 Å². The van der Waals surface area contributed by atoms with Crippen molar-refractivity contribution in [2.45, 2.75) is 13.8 Å². The molecule has 31 heavy (non-hydrogen) atoms. The summed E-state index contributed by atoms with van der Waals surface area (Å²) in [5.74, 6) is -0.0795. The van der Waals surface area contributed by atoms with Gasteiger partial charge in [-0.3, -0.25) is 9.36 Å². The summed E-state index contributed by atoms with van der Waals surface area (Å²) >= 11 is 5.95. The average Bonchev–Trinajstić information content (AvgIpc) is 2.73. The van der Waals surface area contributed by atoms with E-state index in [-0.39, 0.29) is 16.3 Å². The molecule has 0 saturated heterocycles. The molecule has 2 N–H and O–H groups in total. The maximum absolute atomic E-state index is 13.9. The molecule has 0 fully saturated rings. The number of hydrogen-bond acceptors (Lipinski definition) is 3. The van der Waals surface area contributed by atoms with E-state index in [1.165, 1.54) is 22.8 Å². The predicted octanol–water partition coefficient (Wildman–Crippen LogP) is 5.44. The van der Waals surface area contributed by atoms with Gasteiger partial charge in [-0.2, -0.15) is 0 Å². The van der Waals surface area contributed by atoms with Crippen LogP contribution in [-0.2, 0) is 0 Å². The zero-order chi connectivity index (χ0) is 22.1. The summed E-state index contributed by atoms with van der Waals surface area (Å²) in [7, 11) is 0. The molecule has 0 spiro atoms. The third-order valence-corrected chi connectivity index (χ3v) is 5.18. The van der Waals surface area contributed by atoms with E-state index < -0.39 is 11.8 Å². The zero-order valence-corrected chi connectivity index (χ0v) is 17.5. The van der Waals surface area contributed by atoms with Gasteiger partial charge in [0.25, 0.3) is 5.56 Å². The zero-order valence-electron chi connectivity index (χ0n) is 16.7. The summed E-state index contributed by atoms with van der Waals surface area (Å²) < 4.78 is 15.4. The molecular weight excluding hydrogens is 419 g/mol. The van der Waals surface area contributed by atoms with Gasteiger partial charge in [0.1, 0.15) is 11.6 Å². The van der Waals surface area contributed by atoms with Gasteiger partial charge in [-0.1, -0.05) is 29.8 Å². The van der Waals surface area contributed by atoms with E-state index in [0.717, 1.165) is 0 Å². The topological polar surface area (TPSA) is 76.0 Å². The minimum absolute atomic E-state index is 0.0969. The van der Waals surface area contributed by atoms with E-state index in [1.54, 1.807) is 50.2 Å². The van der Waals surface area contributed by atoms with Crippen molar-refractivity contribution >= 4 is 39.9 Å². The molecular formula is C23H18ClFN4O2. The Labute approximate surface area is 182 Å². The summed E-state index contributed by atoms with van der Waals surface area (Å²) in [5.41, 5.74) is 2.22. The van der Waals surface area contributed by atoms with Gasteiger partial charge in [0.2, 0.25) is 0 Å². The van der Waals surface area contributed by atoms with E-state index in [0.29, 0.717) is 33.7 Å². The van der Waals surface area contributed by atoms with Crippen LogP contribution in [0, 0.1) is 19.7 Å². The van der Waals surface area contributed by atoms with Gasteiger partial charge in [-0.15, -0.1) is 0 Å². The predicted molar refractivity (Wildman–Crippen MR) is 121 cm³/mol. The van der Waals surface area contributed by atoms with Crippen molar-refractivity contribution in [1.29, 1.82) is 0 Å². The number of nitrogens with one attached hydrogen (secondary N) is 2. The molecule has 0 atom stereocenters. The average molecular weight is 437 g/mol. The first-order valence-electron chi connectivity index (χ1n) is 9.46. The SMILES string of the molecule is Cc1cc(-n2c(C)nc3ccccc3c2=O)ccc1NC(=O)Nc1c(F)cccc1Cl. The number of aromatic nitrogens is 2. The minimum atomic E-state index is -0.636. The molecule has 0 aliphatic rings. The molecule has 1 heterocycles.